The summed E-state index contributed by atoms with van der Waals surface area (Å²) in [6, 6.07) is 4.56. The van der Waals surface area contributed by atoms with Gasteiger partial charge in [-0.25, -0.2) is 4.98 Å². The van der Waals surface area contributed by atoms with Crippen molar-refractivity contribution in [2.45, 2.75) is 13.5 Å². The quantitative estimate of drug-likeness (QED) is 0.440. The first-order valence-electron chi connectivity index (χ1n) is 5.49. The summed E-state index contributed by atoms with van der Waals surface area (Å²) in [6.45, 7) is 2.50. The van der Waals surface area contributed by atoms with E-state index in [1.165, 1.54) is 12.1 Å². The van der Waals surface area contributed by atoms with Crippen molar-refractivity contribution in [1.82, 2.24) is 4.98 Å². The van der Waals surface area contributed by atoms with E-state index >= 15 is 0 Å². The predicted molar refractivity (Wildman–Crippen MR) is 75.1 cm³/mol. The summed E-state index contributed by atoms with van der Waals surface area (Å²) < 4.78 is 0. The molecule has 0 amide bonds. The molecule has 0 saturated heterocycles. The lowest BCUT2D eigenvalue weighted by Crippen LogP contribution is -2.08. The zero-order valence-corrected chi connectivity index (χ0v) is 11.0. The molecule has 0 aliphatic rings. The maximum atomic E-state index is 10.8. The lowest BCUT2D eigenvalue weighted by atomic mass is 10.2. The summed E-state index contributed by atoms with van der Waals surface area (Å²) in [7, 11) is 0. The van der Waals surface area contributed by atoms with Crippen molar-refractivity contribution < 1.29 is 4.92 Å². The number of benzene rings is 1. The Kier molecular flexibility index (Phi) is 3.93. The zero-order chi connectivity index (χ0) is 13.8. The minimum atomic E-state index is -0.454. The number of nitrogen functional groups attached to an aromatic ring is 1. The first kappa shape index (κ1) is 13.2. The highest BCUT2D eigenvalue weighted by atomic mass is 32.1. The van der Waals surface area contributed by atoms with Crippen LogP contribution in [0.15, 0.2) is 23.7 Å². The van der Waals surface area contributed by atoms with E-state index in [2.05, 4.69) is 15.7 Å². The van der Waals surface area contributed by atoms with Crippen LogP contribution in [0.5, 0.6) is 0 Å². The highest BCUT2D eigenvalue weighted by Crippen LogP contribution is 2.24. The summed E-state index contributed by atoms with van der Waals surface area (Å²) in [4.78, 5) is 15.6. The SMILES string of the molecule is Cc1ncsc1CNc1cc(NN)cc([N+](=O)[O-])c1. The van der Waals surface area contributed by atoms with Gasteiger partial charge in [0.25, 0.3) is 5.69 Å². The molecular formula is C11H13N5O2S. The molecule has 0 atom stereocenters. The average molecular weight is 279 g/mol. The third-order valence-corrected chi connectivity index (χ3v) is 3.53. The molecule has 1 aromatic heterocycles. The number of nitrogens with one attached hydrogen (secondary N) is 2. The minimum absolute atomic E-state index is 0.0148. The number of thiazole rings is 1. The second-order valence-corrected chi connectivity index (χ2v) is 4.82. The monoisotopic (exact) mass is 279 g/mol. The van der Waals surface area contributed by atoms with Crippen LogP contribution in [0.25, 0.3) is 0 Å². The maximum Gasteiger partial charge on any atom is 0.273 e. The van der Waals surface area contributed by atoms with Gasteiger partial charge in [0.1, 0.15) is 0 Å². The second kappa shape index (κ2) is 5.63. The summed E-state index contributed by atoms with van der Waals surface area (Å²) >= 11 is 1.54. The lowest BCUT2D eigenvalue weighted by Gasteiger charge is -2.08. The normalized spacial score (nSPS) is 10.2. The van der Waals surface area contributed by atoms with E-state index in [-0.39, 0.29) is 5.69 Å². The lowest BCUT2D eigenvalue weighted by molar-refractivity contribution is -0.384. The topological polar surface area (TPSA) is 106 Å². The van der Waals surface area contributed by atoms with Gasteiger partial charge in [-0.2, -0.15) is 0 Å². The summed E-state index contributed by atoms with van der Waals surface area (Å²) in [5.74, 6) is 5.29. The number of non-ortho nitro benzene ring substituents is 1. The maximum absolute atomic E-state index is 10.8. The van der Waals surface area contributed by atoms with Crippen LogP contribution in [-0.2, 0) is 6.54 Å². The Morgan fingerprint density at radius 3 is 2.74 bits per heavy atom. The van der Waals surface area contributed by atoms with E-state index in [4.69, 9.17) is 5.84 Å². The van der Waals surface area contributed by atoms with Crippen molar-refractivity contribution in [3.63, 3.8) is 0 Å². The van der Waals surface area contributed by atoms with Crippen molar-refractivity contribution >= 4 is 28.4 Å². The van der Waals surface area contributed by atoms with Gasteiger partial charge in [-0.3, -0.25) is 16.0 Å². The van der Waals surface area contributed by atoms with E-state index in [1.54, 1.807) is 22.9 Å². The van der Waals surface area contributed by atoms with Crippen LogP contribution >= 0.6 is 11.3 Å². The number of hydrogen-bond acceptors (Lipinski definition) is 7. The van der Waals surface area contributed by atoms with Crippen molar-refractivity contribution in [3.8, 4) is 0 Å². The predicted octanol–water partition coefficient (Wildman–Crippen LogP) is 2.26. The molecule has 1 heterocycles. The van der Waals surface area contributed by atoms with Crippen molar-refractivity contribution in [2.24, 2.45) is 5.84 Å². The summed E-state index contributed by atoms with van der Waals surface area (Å²) in [5.41, 5.74) is 6.25. The number of rotatable bonds is 5. The molecule has 7 nitrogen and oxygen atoms in total. The molecule has 100 valence electrons. The number of aryl methyl sites for hydroxylation is 1. The van der Waals surface area contributed by atoms with E-state index in [0.717, 1.165) is 10.6 Å². The van der Waals surface area contributed by atoms with Crippen LogP contribution in [0.4, 0.5) is 17.1 Å². The summed E-state index contributed by atoms with van der Waals surface area (Å²) in [5, 5.41) is 13.9. The highest BCUT2D eigenvalue weighted by molar-refractivity contribution is 7.09. The number of nitrogens with zero attached hydrogens (tertiary/aromatic N) is 2. The van der Waals surface area contributed by atoms with Gasteiger partial charge in [0, 0.05) is 22.7 Å². The van der Waals surface area contributed by atoms with Gasteiger partial charge in [0.15, 0.2) is 0 Å². The number of aromatic nitrogens is 1. The van der Waals surface area contributed by atoms with Gasteiger partial charge in [-0.05, 0) is 13.0 Å². The van der Waals surface area contributed by atoms with Gasteiger partial charge in [0.05, 0.1) is 28.4 Å². The molecule has 0 aliphatic carbocycles. The molecule has 0 fully saturated rings. The molecule has 2 aromatic rings. The fraction of sp³-hybridized carbons (Fsp3) is 0.182. The second-order valence-electron chi connectivity index (χ2n) is 3.88. The molecule has 0 aliphatic heterocycles. The van der Waals surface area contributed by atoms with Gasteiger partial charge in [0.2, 0.25) is 0 Å². The Labute approximate surface area is 113 Å². The number of hydrazine groups is 1. The number of nitrogens with two attached hydrogens (primary N) is 1. The van der Waals surface area contributed by atoms with Crippen LogP contribution in [0.1, 0.15) is 10.6 Å². The van der Waals surface area contributed by atoms with Crippen molar-refractivity contribution in [3.05, 3.63) is 44.4 Å². The Morgan fingerprint density at radius 2 is 2.16 bits per heavy atom. The van der Waals surface area contributed by atoms with Crippen molar-refractivity contribution in [2.75, 3.05) is 10.7 Å². The van der Waals surface area contributed by atoms with Crippen LogP contribution in [0.3, 0.4) is 0 Å². The Balaban J connectivity index is 2.17. The molecule has 8 heteroatoms. The largest absolute Gasteiger partial charge is 0.380 e. The summed E-state index contributed by atoms with van der Waals surface area (Å²) in [6.07, 6.45) is 0. The third kappa shape index (κ3) is 3.18. The number of nitro groups is 1. The van der Waals surface area contributed by atoms with Crippen LogP contribution < -0.4 is 16.6 Å². The molecule has 2 rings (SSSR count). The number of nitro benzene ring substituents is 1. The molecule has 1 aromatic carbocycles. The molecule has 0 saturated carbocycles. The zero-order valence-electron chi connectivity index (χ0n) is 10.2. The van der Waals surface area contributed by atoms with E-state index in [0.29, 0.717) is 17.9 Å². The Hall–Kier alpha value is -2.19. The molecular weight excluding hydrogens is 266 g/mol. The van der Waals surface area contributed by atoms with Crippen molar-refractivity contribution in [1.29, 1.82) is 0 Å². The first-order valence-corrected chi connectivity index (χ1v) is 6.37. The van der Waals surface area contributed by atoms with Crippen LogP contribution in [0.2, 0.25) is 0 Å². The Bertz CT molecular complexity index is 599. The fourth-order valence-corrected chi connectivity index (χ4v) is 2.30. The molecule has 0 unspecified atom stereocenters. The average Bonchev–Trinajstić information content (AvgIpc) is 2.81. The van der Waals surface area contributed by atoms with Gasteiger partial charge in [-0.1, -0.05) is 0 Å². The highest BCUT2D eigenvalue weighted by Gasteiger charge is 2.10. The van der Waals surface area contributed by atoms with E-state index < -0.39 is 4.92 Å². The molecule has 4 N–H and O–H groups in total. The standard InChI is InChI=1S/C11H13N5O2S/c1-7-11(19-6-14-7)5-13-8-2-9(15-12)4-10(3-8)16(17)18/h2-4,6,13,15H,5,12H2,1H3. The van der Waals surface area contributed by atoms with Gasteiger partial charge in [-0.15, -0.1) is 11.3 Å². The number of anilines is 2. The minimum Gasteiger partial charge on any atom is -0.380 e. The van der Waals surface area contributed by atoms with E-state index in [9.17, 15) is 10.1 Å². The molecule has 0 spiro atoms. The fourth-order valence-electron chi connectivity index (χ4n) is 1.58. The number of hydrogen-bond donors (Lipinski definition) is 3. The first-order chi connectivity index (χ1) is 9.10. The molecule has 19 heavy (non-hydrogen) atoms. The Morgan fingerprint density at radius 1 is 1.42 bits per heavy atom. The molecule has 0 bridgehead atoms. The van der Waals surface area contributed by atoms with Gasteiger partial charge >= 0.3 is 0 Å². The van der Waals surface area contributed by atoms with Crippen LogP contribution in [-0.4, -0.2) is 9.91 Å². The third-order valence-electron chi connectivity index (χ3n) is 2.59. The van der Waals surface area contributed by atoms with Crippen LogP contribution in [0, 0.1) is 17.0 Å². The van der Waals surface area contributed by atoms with Gasteiger partial charge < -0.3 is 10.7 Å². The smallest absolute Gasteiger partial charge is 0.273 e. The van der Waals surface area contributed by atoms with E-state index in [1.807, 2.05) is 6.92 Å². The molecule has 0 radical (unpaired) electrons.